The van der Waals surface area contributed by atoms with Gasteiger partial charge in [0.2, 0.25) is 0 Å². The first-order chi connectivity index (χ1) is 10.5. The molecule has 24 heavy (non-hydrogen) atoms. The van der Waals surface area contributed by atoms with Gasteiger partial charge in [-0.2, -0.15) is 0 Å². The van der Waals surface area contributed by atoms with Crippen molar-refractivity contribution >= 4 is 36.5 Å². The highest BCUT2D eigenvalue weighted by Crippen LogP contribution is 2.30. The van der Waals surface area contributed by atoms with Crippen LogP contribution in [-0.2, 0) is 0 Å². The number of hydrogen-bond donors (Lipinski definition) is 1. The Hall–Kier alpha value is -1.04. The average Bonchev–Trinajstić information content (AvgIpc) is 3.14. The highest BCUT2D eigenvalue weighted by Gasteiger charge is 2.35. The molecule has 136 valence electrons. The lowest BCUT2D eigenvalue weighted by atomic mass is 9.90. The zero-order chi connectivity index (χ0) is 15.7. The predicted octanol–water partition coefficient (Wildman–Crippen LogP) is 2.58. The van der Waals surface area contributed by atoms with Crippen LogP contribution in [0.5, 0.6) is 0 Å². The van der Waals surface area contributed by atoms with Crippen LogP contribution in [0.1, 0.15) is 37.0 Å². The van der Waals surface area contributed by atoms with E-state index in [2.05, 4.69) is 23.7 Å². The third-order valence-corrected chi connectivity index (χ3v) is 5.08. The van der Waals surface area contributed by atoms with E-state index in [1.54, 1.807) is 6.20 Å². The molecule has 2 aliphatic rings. The lowest BCUT2D eigenvalue weighted by molar-refractivity contribution is 0.0777. The molecular weight excluding hydrogens is 347 g/mol. The second kappa shape index (κ2) is 8.37. The molecule has 0 spiro atoms. The average molecular weight is 375 g/mol. The zero-order valence-electron chi connectivity index (χ0n) is 14.4. The van der Waals surface area contributed by atoms with Crippen molar-refractivity contribution in [3.63, 3.8) is 0 Å². The minimum atomic E-state index is 0. The van der Waals surface area contributed by atoms with E-state index in [1.807, 2.05) is 17.0 Å². The second-order valence-electron chi connectivity index (χ2n) is 7.23. The standard InChI is InChI=1S/C17H26N4O.2ClH/c1-13-4-7-20(10-13)15-9-14(3-6-19-15)16(22)21-8-5-17(2,11-18)12-21;;/h3,6,9,13H,4-5,7-8,10-12,18H2,1-2H3;2*1H. The first kappa shape index (κ1) is 21.0. The molecule has 1 amide bonds. The third kappa shape index (κ3) is 4.32. The van der Waals surface area contributed by atoms with Crippen LogP contribution in [0.15, 0.2) is 18.3 Å². The predicted molar refractivity (Wildman–Crippen MR) is 102 cm³/mol. The highest BCUT2D eigenvalue weighted by molar-refractivity contribution is 5.95. The molecule has 0 saturated carbocycles. The largest absolute Gasteiger partial charge is 0.356 e. The van der Waals surface area contributed by atoms with E-state index in [-0.39, 0.29) is 36.1 Å². The van der Waals surface area contributed by atoms with Crippen molar-refractivity contribution in [2.75, 3.05) is 37.6 Å². The molecule has 2 fully saturated rings. The molecule has 3 rings (SSSR count). The number of likely N-dealkylation sites (tertiary alicyclic amines) is 1. The Morgan fingerprint density at radius 2 is 2.17 bits per heavy atom. The van der Waals surface area contributed by atoms with E-state index in [0.717, 1.165) is 44.0 Å². The lowest BCUT2D eigenvalue weighted by Crippen LogP contribution is -2.34. The van der Waals surface area contributed by atoms with Crippen LogP contribution in [0.3, 0.4) is 0 Å². The Bertz CT molecular complexity index is 571. The number of nitrogens with two attached hydrogens (primary N) is 1. The summed E-state index contributed by atoms with van der Waals surface area (Å²) in [5.74, 6) is 1.73. The van der Waals surface area contributed by atoms with Crippen molar-refractivity contribution in [2.24, 2.45) is 17.1 Å². The van der Waals surface area contributed by atoms with Crippen LogP contribution in [0.4, 0.5) is 5.82 Å². The third-order valence-electron chi connectivity index (χ3n) is 5.08. The van der Waals surface area contributed by atoms with Crippen LogP contribution >= 0.6 is 24.8 Å². The number of carbonyl (C=O) groups is 1. The zero-order valence-corrected chi connectivity index (χ0v) is 16.0. The van der Waals surface area contributed by atoms with Gasteiger partial charge < -0.3 is 15.5 Å². The van der Waals surface area contributed by atoms with E-state index in [9.17, 15) is 4.79 Å². The van der Waals surface area contributed by atoms with Crippen molar-refractivity contribution in [3.8, 4) is 0 Å². The van der Waals surface area contributed by atoms with E-state index in [4.69, 9.17) is 5.73 Å². The van der Waals surface area contributed by atoms with Gasteiger partial charge in [0.15, 0.2) is 0 Å². The van der Waals surface area contributed by atoms with Crippen LogP contribution in [0, 0.1) is 11.3 Å². The van der Waals surface area contributed by atoms with Crippen LogP contribution < -0.4 is 10.6 Å². The number of pyridine rings is 1. The summed E-state index contributed by atoms with van der Waals surface area (Å²) in [7, 11) is 0. The summed E-state index contributed by atoms with van der Waals surface area (Å²) < 4.78 is 0. The van der Waals surface area contributed by atoms with Gasteiger partial charge in [0.05, 0.1) is 0 Å². The van der Waals surface area contributed by atoms with Gasteiger partial charge in [-0.05, 0) is 42.9 Å². The van der Waals surface area contributed by atoms with Crippen LogP contribution in [-0.4, -0.2) is 48.5 Å². The van der Waals surface area contributed by atoms with Gasteiger partial charge in [0, 0.05) is 37.9 Å². The molecule has 0 bridgehead atoms. The maximum absolute atomic E-state index is 12.7. The minimum Gasteiger partial charge on any atom is -0.356 e. The maximum atomic E-state index is 12.7. The van der Waals surface area contributed by atoms with Gasteiger partial charge in [-0.15, -0.1) is 24.8 Å². The Balaban J connectivity index is 0.00000144. The fourth-order valence-corrected chi connectivity index (χ4v) is 3.41. The summed E-state index contributed by atoms with van der Waals surface area (Å²) in [6.45, 7) is 8.65. The van der Waals surface area contributed by atoms with Gasteiger partial charge in [0.1, 0.15) is 5.82 Å². The Kier molecular flexibility index (Phi) is 7.32. The topological polar surface area (TPSA) is 62.5 Å². The summed E-state index contributed by atoms with van der Waals surface area (Å²) in [6.07, 6.45) is 3.93. The summed E-state index contributed by atoms with van der Waals surface area (Å²) in [6, 6.07) is 3.77. The maximum Gasteiger partial charge on any atom is 0.254 e. The molecule has 3 heterocycles. The molecule has 2 N–H and O–H groups in total. The SMILES string of the molecule is CC1CCN(c2cc(C(=O)N3CCC(C)(CN)C3)ccn2)C1.Cl.Cl. The molecule has 2 aliphatic heterocycles. The van der Waals surface area contributed by atoms with Crippen LogP contribution in [0.25, 0.3) is 0 Å². The van der Waals surface area contributed by atoms with Crippen LogP contribution in [0.2, 0.25) is 0 Å². The Labute approximate surface area is 156 Å². The minimum absolute atomic E-state index is 0. The van der Waals surface area contributed by atoms with Crippen molar-refractivity contribution in [1.82, 2.24) is 9.88 Å². The van der Waals surface area contributed by atoms with Crippen molar-refractivity contribution in [1.29, 1.82) is 0 Å². The number of anilines is 1. The molecule has 0 aliphatic carbocycles. The summed E-state index contributed by atoms with van der Waals surface area (Å²) in [5.41, 5.74) is 6.64. The number of aromatic nitrogens is 1. The molecule has 2 atom stereocenters. The highest BCUT2D eigenvalue weighted by atomic mass is 35.5. The van der Waals surface area contributed by atoms with Gasteiger partial charge in [-0.3, -0.25) is 4.79 Å². The number of carbonyl (C=O) groups excluding carboxylic acids is 1. The number of hydrogen-bond acceptors (Lipinski definition) is 4. The van der Waals surface area contributed by atoms with Gasteiger partial charge in [-0.25, -0.2) is 4.98 Å². The van der Waals surface area contributed by atoms with Crippen molar-refractivity contribution in [2.45, 2.75) is 26.7 Å². The summed E-state index contributed by atoms with van der Waals surface area (Å²) in [5, 5.41) is 0. The van der Waals surface area contributed by atoms with Gasteiger partial charge >= 0.3 is 0 Å². The molecule has 2 saturated heterocycles. The molecule has 1 aromatic heterocycles. The normalized spacial score (nSPS) is 26.0. The van der Waals surface area contributed by atoms with E-state index < -0.39 is 0 Å². The Morgan fingerprint density at radius 1 is 1.42 bits per heavy atom. The van der Waals surface area contributed by atoms with Crippen molar-refractivity contribution < 1.29 is 4.79 Å². The van der Waals surface area contributed by atoms with E-state index >= 15 is 0 Å². The fourth-order valence-electron chi connectivity index (χ4n) is 3.41. The molecule has 0 radical (unpaired) electrons. The first-order valence-corrected chi connectivity index (χ1v) is 8.21. The number of nitrogens with zero attached hydrogens (tertiary/aromatic N) is 3. The molecule has 1 aromatic rings. The molecule has 0 aromatic carbocycles. The first-order valence-electron chi connectivity index (χ1n) is 8.21. The van der Waals surface area contributed by atoms with E-state index in [1.165, 1.54) is 6.42 Å². The molecule has 7 heteroatoms. The lowest BCUT2D eigenvalue weighted by Gasteiger charge is -2.23. The van der Waals surface area contributed by atoms with Gasteiger partial charge in [0.25, 0.3) is 5.91 Å². The second-order valence-corrected chi connectivity index (χ2v) is 7.23. The quantitative estimate of drug-likeness (QED) is 0.882. The number of rotatable bonds is 3. The van der Waals surface area contributed by atoms with Crippen molar-refractivity contribution in [3.05, 3.63) is 23.9 Å². The fraction of sp³-hybridized carbons (Fsp3) is 0.647. The number of halogens is 2. The summed E-state index contributed by atoms with van der Waals surface area (Å²) >= 11 is 0. The smallest absolute Gasteiger partial charge is 0.254 e. The molecule has 2 unspecified atom stereocenters. The molecular formula is C17H28Cl2N4O. The molecule has 5 nitrogen and oxygen atoms in total. The van der Waals surface area contributed by atoms with E-state index in [0.29, 0.717) is 12.5 Å². The van der Waals surface area contributed by atoms with Gasteiger partial charge in [-0.1, -0.05) is 13.8 Å². The summed E-state index contributed by atoms with van der Waals surface area (Å²) in [4.78, 5) is 21.4. The Morgan fingerprint density at radius 3 is 2.75 bits per heavy atom. The monoisotopic (exact) mass is 374 g/mol. The number of amides is 1.